The minimum atomic E-state index is -0.419. The Morgan fingerprint density at radius 1 is 1.26 bits per heavy atom. The van der Waals surface area contributed by atoms with Crippen LogP contribution in [0.1, 0.15) is 56.3 Å². The van der Waals surface area contributed by atoms with Crippen molar-refractivity contribution in [3.63, 3.8) is 0 Å². The van der Waals surface area contributed by atoms with Gasteiger partial charge in [0.2, 0.25) is 0 Å². The summed E-state index contributed by atoms with van der Waals surface area (Å²) in [5.41, 5.74) is 2.20. The van der Waals surface area contributed by atoms with E-state index in [0.29, 0.717) is 0 Å². The molecule has 1 unspecified atom stereocenters. The largest absolute Gasteiger partial charge is 0.493 e. The van der Waals surface area contributed by atoms with Crippen LogP contribution in [0, 0.1) is 5.41 Å². The lowest BCUT2D eigenvalue weighted by Crippen LogP contribution is -2.28. The normalized spacial score (nSPS) is 22.7. The van der Waals surface area contributed by atoms with Gasteiger partial charge in [0.1, 0.15) is 5.75 Å². The average molecular weight is 325 g/mol. The zero-order valence-corrected chi connectivity index (χ0v) is 13.0. The fourth-order valence-corrected chi connectivity index (χ4v) is 4.03. The Morgan fingerprint density at radius 3 is 2.74 bits per heavy atom. The quantitative estimate of drug-likeness (QED) is 0.874. The maximum atomic E-state index is 10.9. The summed E-state index contributed by atoms with van der Waals surface area (Å²) in [7, 11) is 0. The topological polar surface area (TPSA) is 29.5 Å². The number of benzene rings is 1. The number of ether oxygens (including phenoxy) is 1. The van der Waals surface area contributed by atoms with Crippen LogP contribution in [0.3, 0.4) is 0 Å². The molecule has 1 saturated carbocycles. The molecule has 1 atom stereocenters. The highest BCUT2D eigenvalue weighted by Gasteiger charge is 2.37. The SMILES string of the molecule is CC1(C(O)c2cc(Br)cc3c2OCC3)CCCCC1. The molecule has 3 heteroatoms. The Morgan fingerprint density at radius 2 is 2.00 bits per heavy atom. The number of halogens is 1. The van der Waals surface area contributed by atoms with Crippen molar-refractivity contribution in [2.45, 2.75) is 51.6 Å². The smallest absolute Gasteiger partial charge is 0.128 e. The molecule has 0 radical (unpaired) electrons. The third kappa shape index (κ3) is 2.43. The molecule has 104 valence electrons. The monoisotopic (exact) mass is 324 g/mol. The number of fused-ring (bicyclic) bond motifs is 1. The van der Waals surface area contributed by atoms with E-state index in [1.807, 2.05) is 6.07 Å². The molecule has 0 bridgehead atoms. The molecule has 0 amide bonds. The van der Waals surface area contributed by atoms with Crippen molar-refractivity contribution < 1.29 is 9.84 Å². The van der Waals surface area contributed by atoms with Gasteiger partial charge in [-0.05, 0) is 36.0 Å². The van der Waals surface area contributed by atoms with Crippen LogP contribution in [-0.4, -0.2) is 11.7 Å². The van der Waals surface area contributed by atoms with Gasteiger partial charge in [-0.15, -0.1) is 0 Å². The summed E-state index contributed by atoms with van der Waals surface area (Å²) in [4.78, 5) is 0. The standard InChI is InChI=1S/C16H21BrO2/c1-16(6-3-2-4-7-16)15(18)13-10-12(17)9-11-5-8-19-14(11)13/h9-10,15,18H,2-8H2,1H3. The number of aliphatic hydroxyl groups excluding tert-OH is 1. The van der Waals surface area contributed by atoms with Crippen LogP contribution in [0.2, 0.25) is 0 Å². The maximum absolute atomic E-state index is 10.9. The van der Waals surface area contributed by atoms with Gasteiger partial charge in [-0.1, -0.05) is 42.1 Å². The molecule has 1 aromatic rings. The number of hydrogen-bond acceptors (Lipinski definition) is 2. The zero-order valence-electron chi connectivity index (χ0n) is 11.4. The molecular formula is C16H21BrO2. The van der Waals surface area contributed by atoms with Crippen LogP contribution < -0.4 is 4.74 Å². The van der Waals surface area contributed by atoms with Crippen LogP contribution >= 0.6 is 15.9 Å². The molecule has 1 N–H and O–H groups in total. The fraction of sp³-hybridized carbons (Fsp3) is 0.625. The minimum absolute atomic E-state index is 0.00123. The predicted octanol–water partition coefficient (Wildman–Crippen LogP) is 4.39. The lowest BCUT2D eigenvalue weighted by Gasteiger charge is -2.38. The summed E-state index contributed by atoms with van der Waals surface area (Å²) in [6, 6.07) is 4.15. The molecule has 1 aliphatic carbocycles. The second kappa shape index (κ2) is 5.10. The van der Waals surface area contributed by atoms with Crippen LogP contribution in [-0.2, 0) is 6.42 Å². The first kappa shape index (κ1) is 13.4. The predicted molar refractivity (Wildman–Crippen MR) is 79.5 cm³/mol. The third-order valence-electron chi connectivity index (χ3n) is 4.73. The molecule has 1 heterocycles. The average Bonchev–Trinajstić information content (AvgIpc) is 2.85. The lowest BCUT2D eigenvalue weighted by molar-refractivity contribution is 0.00664. The van der Waals surface area contributed by atoms with Crippen molar-refractivity contribution in [3.8, 4) is 5.75 Å². The maximum Gasteiger partial charge on any atom is 0.128 e. The summed E-state index contributed by atoms with van der Waals surface area (Å²) in [6.07, 6.45) is 6.50. The molecule has 0 spiro atoms. The van der Waals surface area contributed by atoms with Crippen molar-refractivity contribution in [2.75, 3.05) is 6.61 Å². The van der Waals surface area contributed by atoms with Gasteiger partial charge in [0.25, 0.3) is 0 Å². The second-order valence-corrected chi connectivity index (χ2v) is 7.11. The van der Waals surface area contributed by atoms with Crippen molar-refractivity contribution in [1.29, 1.82) is 0 Å². The summed E-state index contributed by atoms with van der Waals surface area (Å²) in [5, 5.41) is 10.9. The molecule has 3 rings (SSSR count). The first-order valence-electron chi connectivity index (χ1n) is 7.23. The van der Waals surface area contributed by atoms with Gasteiger partial charge in [-0.2, -0.15) is 0 Å². The molecule has 0 aromatic heterocycles. The van der Waals surface area contributed by atoms with Gasteiger partial charge >= 0.3 is 0 Å². The van der Waals surface area contributed by atoms with E-state index >= 15 is 0 Å². The van der Waals surface area contributed by atoms with Crippen LogP contribution in [0.4, 0.5) is 0 Å². The van der Waals surface area contributed by atoms with Gasteiger partial charge in [0, 0.05) is 16.5 Å². The van der Waals surface area contributed by atoms with E-state index in [2.05, 4.69) is 28.9 Å². The fourth-order valence-electron chi connectivity index (χ4n) is 3.51. The van der Waals surface area contributed by atoms with Crippen molar-refractivity contribution in [3.05, 3.63) is 27.7 Å². The second-order valence-electron chi connectivity index (χ2n) is 6.20. The van der Waals surface area contributed by atoms with E-state index in [0.717, 1.165) is 41.7 Å². The minimum Gasteiger partial charge on any atom is -0.493 e. The Balaban J connectivity index is 1.97. The van der Waals surface area contributed by atoms with E-state index in [9.17, 15) is 5.11 Å². The molecule has 1 aromatic carbocycles. The van der Waals surface area contributed by atoms with E-state index in [4.69, 9.17) is 4.74 Å². The van der Waals surface area contributed by atoms with E-state index in [1.165, 1.54) is 24.8 Å². The molecular weight excluding hydrogens is 304 g/mol. The van der Waals surface area contributed by atoms with Crippen molar-refractivity contribution in [1.82, 2.24) is 0 Å². The summed E-state index contributed by atoms with van der Waals surface area (Å²) < 4.78 is 6.81. The summed E-state index contributed by atoms with van der Waals surface area (Å²) >= 11 is 3.56. The van der Waals surface area contributed by atoms with Gasteiger partial charge < -0.3 is 9.84 Å². The van der Waals surface area contributed by atoms with Crippen molar-refractivity contribution >= 4 is 15.9 Å². The van der Waals surface area contributed by atoms with Crippen LogP contribution in [0.25, 0.3) is 0 Å². The zero-order chi connectivity index (χ0) is 13.5. The first-order chi connectivity index (χ1) is 9.10. The molecule has 2 aliphatic rings. The van der Waals surface area contributed by atoms with Crippen LogP contribution in [0.15, 0.2) is 16.6 Å². The van der Waals surface area contributed by atoms with E-state index in [1.54, 1.807) is 0 Å². The number of aliphatic hydroxyl groups is 1. The van der Waals surface area contributed by atoms with Crippen LogP contribution in [0.5, 0.6) is 5.75 Å². The van der Waals surface area contributed by atoms with E-state index < -0.39 is 6.10 Å². The highest BCUT2D eigenvalue weighted by Crippen LogP contribution is 2.49. The third-order valence-corrected chi connectivity index (χ3v) is 5.19. The van der Waals surface area contributed by atoms with Gasteiger partial charge in [0.15, 0.2) is 0 Å². The lowest BCUT2D eigenvalue weighted by atomic mass is 9.70. The molecule has 1 fully saturated rings. The Hall–Kier alpha value is -0.540. The van der Waals surface area contributed by atoms with Crippen molar-refractivity contribution in [2.24, 2.45) is 5.41 Å². The summed E-state index contributed by atoms with van der Waals surface area (Å²) in [5.74, 6) is 0.933. The van der Waals surface area contributed by atoms with Gasteiger partial charge in [-0.3, -0.25) is 0 Å². The highest BCUT2D eigenvalue weighted by molar-refractivity contribution is 9.10. The van der Waals surface area contributed by atoms with Gasteiger partial charge in [-0.25, -0.2) is 0 Å². The molecule has 2 nitrogen and oxygen atoms in total. The Kier molecular flexibility index (Phi) is 3.61. The molecule has 1 aliphatic heterocycles. The van der Waals surface area contributed by atoms with Gasteiger partial charge in [0.05, 0.1) is 12.7 Å². The van der Waals surface area contributed by atoms with E-state index in [-0.39, 0.29) is 5.41 Å². The Bertz CT molecular complexity index is 478. The first-order valence-corrected chi connectivity index (χ1v) is 8.03. The number of rotatable bonds is 2. The summed E-state index contributed by atoms with van der Waals surface area (Å²) in [6.45, 7) is 2.96. The molecule has 19 heavy (non-hydrogen) atoms. The highest BCUT2D eigenvalue weighted by atomic mass is 79.9. The molecule has 0 saturated heterocycles. The number of hydrogen-bond donors (Lipinski definition) is 1. The Labute approximate surface area is 123 Å².